The molecule has 0 radical (unpaired) electrons. The average Bonchev–Trinajstić information content (AvgIpc) is 3.09. The van der Waals surface area contributed by atoms with Crippen molar-refractivity contribution >= 4 is 11.7 Å². The Bertz CT molecular complexity index is 789. The molecule has 2 fully saturated rings. The van der Waals surface area contributed by atoms with Crippen LogP contribution >= 0.6 is 0 Å². The Kier molecular flexibility index (Phi) is 5.62. The number of nitrogens with zero attached hydrogens (tertiary/aromatic N) is 1. The molecule has 0 bridgehead atoms. The van der Waals surface area contributed by atoms with E-state index in [-0.39, 0.29) is 17.4 Å². The Morgan fingerprint density at radius 1 is 1.07 bits per heavy atom. The van der Waals surface area contributed by atoms with E-state index in [0.717, 1.165) is 50.9 Å². The molecule has 1 unspecified atom stereocenters. The third-order valence-electron chi connectivity index (χ3n) is 6.11. The van der Waals surface area contributed by atoms with Gasteiger partial charge in [0.2, 0.25) is 0 Å². The number of anilines is 1. The lowest BCUT2D eigenvalue weighted by atomic mass is 9.76. The van der Waals surface area contributed by atoms with E-state index in [1.165, 1.54) is 24.1 Å². The van der Waals surface area contributed by atoms with Crippen molar-refractivity contribution in [3.05, 3.63) is 66.0 Å². The lowest BCUT2D eigenvalue weighted by Gasteiger charge is -2.46. The van der Waals surface area contributed by atoms with Crippen molar-refractivity contribution < 1.29 is 9.18 Å². The Morgan fingerprint density at radius 2 is 1.82 bits per heavy atom. The summed E-state index contributed by atoms with van der Waals surface area (Å²) in [6, 6.07) is 16.7. The number of amides is 2. The summed E-state index contributed by atoms with van der Waals surface area (Å²) in [7, 11) is 0. The molecule has 1 atom stereocenters. The molecule has 2 aliphatic rings. The second-order valence-electron chi connectivity index (χ2n) is 8.18. The van der Waals surface area contributed by atoms with Crippen LogP contribution in [0.2, 0.25) is 0 Å². The van der Waals surface area contributed by atoms with E-state index in [1.54, 1.807) is 0 Å². The smallest absolute Gasteiger partial charge is 0.319 e. The minimum atomic E-state index is -0.186. The van der Waals surface area contributed by atoms with Crippen LogP contribution in [0.5, 0.6) is 0 Å². The van der Waals surface area contributed by atoms with Crippen molar-refractivity contribution in [3.8, 4) is 0 Å². The number of para-hydroxylation sites is 1. The summed E-state index contributed by atoms with van der Waals surface area (Å²) < 4.78 is 13.2. The zero-order valence-corrected chi connectivity index (χ0v) is 16.2. The van der Waals surface area contributed by atoms with Gasteiger partial charge in [0.1, 0.15) is 5.82 Å². The van der Waals surface area contributed by atoms with Gasteiger partial charge in [0, 0.05) is 18.3 Å². The van der Waals surface area contributed by atoms with Gasteiger partial charge in [-0.1, -0.05) is 30.3 Å². The molecule has 1 aliphatic heterocycles. The number of carbonyl (C=O) groups is 1. The number of hydrogen-bond donors (Lipinski definition) is 2. The molecule has 1 saturated heterocycles. The minimum Gasteiger partial charge on any atom is -0.331 e. The zero-order valence-electron chi connectivity index (χ0n) is 16.2. The fourth-order valence-electron chi connectivity index (χ4n) is 4.47. The van der Waals surface area contributed by atoms with E-state index in [2.05, 4.69) is 15.5 Å². The predicted molar refractivity (Wildman–Crippen MR) is 110 cm³/mol. The molecule has 28 heavy (non-hydrogen) atoms. The van der Waals surface area contributed by atoms with Gasteiger partial charge in [-0.05, 0) is 74.9 Å². The molecule has 4 rings (SSSR count). The molecule has 4 nitrogen and oxygen atoms in total. The highest BCUT2D eigenvalue weighted by Crippen LogP contribution is 2.35. The number of hydrogen-bond acceptors (Lipinski definition) is 2. The standard InChI is InChI=1S/C23H28FN3O/c24-19-11-9-18(10-12-19)16-21-8-4-15-27(21)17-23(13-5-14-23)26-22(28)25-20-6-2-1-3-7-20/h1-3,6-7,9-12,21H,4-5,8,13-17H2,(H2,25,26,28). The quantitative estimate of drug-likeness (QED) is 0.769. The number of carbonyl (C=O) groups excluding carboxylic acids is 1. The number of halogens is 1. The van der Waals surface area contributed by atoms with Gasteiger partial charge in [-0.15, -0.1) is 0 Å². The molecule has 1 heterocycles. The van der Waals surface area contributed by atoms with Crippen LogP contribution in [-0.2, 0) is 6.42 Å². The number of likely N-dealkylation sites (tertiary alicyclic amines) is 1. The third kappa shape index (κ3) is 4.53. The van der Waals surface area contributed by atoms with Crippen LogP contribution in [0, 0.1) is 5.82 Å². The summed E-state index contributed by atoms with van der Waals surface area (Å²) in [6.45, 7) is 1.96. The first kappa shape index (κ1) is 18.9. The topological polar surface area (TPSA) is 44.4 Å². The van der Waals surface area contributed by atoms with Crippen molar-refractivity contribution in [2.24, 2.45) is 0 Å². The lowest BCUT2D eigenvalue weighted by Crippen LogP contribution is -2.61. The molecule has 2 aromatic carbocycles. The number of benzene rings is 2. The van der Waals surface area contributed by atoms with E-state index in [1.807, 2.05) is 42.5 Å². The molecule has 0 spiro atoms. The van der Waals surface area contributed by atoms with Crippen LogP contribution in [0.3, 0.4) is 0 Å². The summed E-state index contributed by atoms with van der Waals surface area (Å²) >= 11 is 0. The summed E-state index contributed by atoms with van der Waals surface area (Å²) in [5.41, 5.74) is 1.85. The van der Waals surface area contributed by atoms with E-state index >= 15 is 0 Å². The maximum atomic E-state index is 13.2. The van der Waals surface area contributed by atoms with Crippen LogP contribution in [-0.4, -0.2) is 35.6 Å². The second-order valence-corrected chi connectivity index (χ2v) is 8.18. The molecule has 2 amide bonds. The molecule has 1 saturated carbocycles. The maximum Gasteiger partial charge on any atom is 0.319 e. The molecule has 148 valence electrons. The largest absolute Gasteiger partial charge is 0.331 e. The minimum absolute atomic E-state index is 0.125. The summed E-state index contributed by atoms with van der Waals surface area (Å²) in [4.78, 5) is 15.0. The molecule has 2 N–H and O–H groups in total. The summed E-state index contributed by atoms with van der Waals surface area (Å²) in [5.74, 6) is -0.186. The van der Waals surface area contributed by atoms with Gasteiger partial charge in [-0.3, -0.25) is 4.90 Å². The van der Waals surface area contributed by atoms with Crippen LogP contribution in [0.25, 0.3) is 0 Å². The van der Waals surface area contributed by atoms with Crippen molar-refractivity contribution in [1.29, 1.82) is 0 Å². The Labute approximate surface area is 166 Å². The van der Waals surface area contributed by atoms with E-state index in [0.29, 0.717) is 6.04 Å². The Balaban J connectivity index is 1.36. The molecule has 5 heteroatoms. The zero-order chi connectivity index (χ0) is 19.4. The first-order chi connectivity index (χ1) is 13.6. The highest BCUT2D eigenvalue weighted by molar-refractivity contribution is 5.89. The van der Waals surface area contributed by atoms with E-state index in [9.17, 15) is 9.18 Å². The number of nitrogens with one attached hydrogen (secondary N) is 2. The molecular formula is C23H28FN3O. The van der Waals surface area contributed by atoms with Gasteiger partial charge >= 0.3 is 6.03 Å². The van der Waals surface area contributed by atoms with E-state index in [4.69, 9.17) is 0 Å². The van der Waals surface area contributed by atoms with E-state index < -0.39 is 0 Å². The highest BCUT2D eigenvalue weighted by atomic mass is 19.1. The van der Waals surface area contributed by atoms with Crippen LogP contribution in [0.4, 0.5) is 14.9 Å². The van der Waals surface area contributed by atoms with Gasteiger partial charge in [0.25, 0.3) is 0 Å². The van der Waals surface area contributed by atoms with Gasteiger partial charge in [0.05, 0.1) is 5.54 Å². The van der Waals surface area contributed by atoms with Crippen LogP contribution in [0.15, 0.2) is 54.6 Å². The van der Waals surface area contributed by atoms with Gasteiger partial charge in [-0.25, -0.2) is 9.18 Å². The second kappa shape index (κ2) is 8.31. The Hall–Kier alpha value is -2.40. The van der Waals surface area contributed by atoms with Crippen LogP contribution in [0.1, 0.15) is 37.7 Å². The Morgan fingerprint density at radius 3 is 2.50 bits per heavy atom. The molecule has 0 aromatic heterocycles. The van der Waals surface area contributed by atoms with Gasteiger partial charge in [-0.2, -0.15) is 0 Å². The maximum absolute atomic E-state index is 13.2. The predicted octanol–water partition coefficient (Wildman–Crippen LogP) is 4.58. The molecule has 1 aliphatic carbocycles. The number of urea groups is 1. The summed E-state index contributed by atoms with van der Waals surface area (Å²) in [5, 5.41) is 6.20. The normalized spacial score (nSPS) is 21.1. The van der Waals surface area contributed by atoms with Gasteiger partial charge in [0.15, 0.2) is 0 Å². The average molecular weight is 381 g/mol. The van der Waals surface area contributed by atoms with Crippen molar-refractivity contribution in [2.45, 2.75) is 50.1 Å². The van der Waals surface area contributed by atoms with Gasteiger partial charge < -0.3 is 10.6 Å². The lowest BCUT2D eigenvalue weighted by molar-refractivity contribution is 0.109. The third-order valence-corrected chi connectivity index (χ3v) is 6.11. The number of rotatable bonds is 6. The van der Waals surface area contributed by atoms with Crippen molar-refractivity contribution in [3.63, 3.8) is 0 Å². The summed E-state index contributed by atoms with van der Waals surface area (Å²) in [6.07, 6.45) is 6.47. The highest BCUT2D eigenvalue weighted by Gasteiger charge is 2.42. The first-order valence-electron chi connectivity index (χ1n) is 10.2. The van der Waals surface area contributed by atoms with Crippen molar-refractivity contribution in [2.75, 3.05) is 18.4 Å². The fourth-order valence-corrected chi connectivity index (χ4v) is 4.47. The SMILES string of the molecule is O=C(Nc1ccccc1)NC1(CN2CCCC2Cc2ccc(F)cc2)CCC1. The molecular weight excluding hydrogens is 353 g/mol. The van der Waals surface area contributed by atoms with Crippen LogP contribution < -0.4 is 10.6 Å². The first-order valence-corrected chi connectivity index (χ1v) is 10.2. The monoisotopic (exact) mass is 381 g/mol. The molecule has 2 aromatic rings. The van der Waals surface area contributed by atoms with Crippen molar-refractivity contribution in [1.82, 2.24) is 10.2 Å². The fraction of sp³-hybridized carbons (Fsp3) is 0.435.